The van der Waals surface area contributed by atoms with Crippen LogP contribution in [0.25, 0.3) is 12.2 Å². The van der Waals surface area contributed by atoms with Crippen LogP contribution in [0, 0.1) is 6.92 Å². The first-order valence-electron chi connectivity index (χ1n) is 4.07. The minimum absolute atomic E-state index is 0.202. The van der Waals surface area contributed by atoms with Crippen LogP contribution in [0.3, 0.4) is 0 Å². The van der Waals surface area contributed by atoms with Crippen molar-refractivity contribution in [2.45, 2.75) is 13.3 Å². The van der Waals surface area contributed by atoms with Crippen LogP contribution in [0.15, 0.2) is 18.2 Å². The molecule has 0 aliphatic heterocycles. The van der Waals surface area contributed by atoms with Gasteiger partial charge in [0.25, 0.3) is 0 Å². The smallest absolute Gasteiger partial charge is 0.160 e. The van der Waals surface area contributed by atoms with Crippen molar-refractivity contribution in [3.63, 3.8) is 0 Å². The molecule has 0 saturated heterocycles. The van der Waals surface area contributed by atoms with Crippen LogP contribution < -0.4 is 10.4 Å². The summed E-state index contributed by atoms with van der Waals surface area (Å²) in [5.41, 5.74) is 1.20. The van der Waals surface area contributed by atoms with E-state index >= 15 is 0 Å². The van der Waals surface area contributed by atoms with Crippen molar-refractivity contribution in [2.75, 3.05) is 0 Å². The third-order valence-corrected chi connectivity index (χ3v) is 2.08. The largest absolute Gasteiger partial charge is 0.294 e. The molecular weight excluding hydrogens is 148 g/mol. The standard InChI is InChI=1S/C11H10O/c1-8-2-3-9-4-5-11(12)7-10(9)6-8/h2-4,6-7H,5H2,1H3. The number of carbonyl (C=O) groups excluding carboxylic acids is 1. The Morgan fingerprint density at radius 2 is 2.08 bits per heavy atom. The summed E-state index contributed by atoms with van der Waals surface area (Å²) < 4.78 is 0. The topological polar surface area (TPSA) is 17.1 Å². The molecule has 1 nitrogen and oxygen atoms in total. The Labute approximate surface area is 71.0 Å². The number of ketones is 1. The Bertz CT molecular complexity index is 441. The molecule has 1 aromatic rings. The van der Waals surface area contributed by atoms with Gasteiger partial charge in [-0.15, -0.1) is 0 Å². The van der Waals surface area contributed by atoms with Crippen LogP contribution in [0.5, 0.6) is 0 Å². The summed E-state index contributed by atoms with van der Waals surface area (Å²) in [5, 5.41) is 2.24. The molecule has 0 unspecified atom stereocenters. The van der Waals surface area contributed by atoms with Crippen LogP contribution >= 0.6 is 0 Å². The summed E-state index contributed by atoms with van der Waals surface area (Å²) in [6.45, 7) is 2.03. The third kappa shape index (κ3) is 1.18. The van der Waals surface area contributed by atoms with Crippen molar-refractivity contribution in [1.29, 1.82) is 0 Å². The molecule has 60 valence electrons. The van der Waals surface area contributed by atoms with Crippen molar-refractivity contribution in [3.8, 4) is 0 Å². The molecule has 0 radical (unpaired) electrons. The van der Waals surface area contributed by atoms with Crippen LogP contribution in [0.4, 0.5) is 0 Å². The quantitative estimate of drug-likeness (QED) is 0.538. The summed E-state index contributed by atoms with van der Waals surface area (Å²) in [7, 11) is 0. The highest BCUT2D eigenvalue weighted by Gasteiger charge is 1.99. The van der Waals surface area contributed by atoms with Gasteiger partial charge in [-0.1, -0.05) is 29.8 Å². The highest BCUT2D eigenvalue weighted by Crippen LogP contribution is 1.93. The van der Waals surface area contributed by atoms with Gasteiger partial charge < -0.3 is 0 Å². The summed E-state index contributed by atoms with van der Waals surface area (Å²) >= 11 is 0. The average molecular weight is 158 g/mol. The van der Waals surface area contributed by atoms with E-state index in [4.69, 9.17) is 0 Å². The molecule has 0 saturated carbocycles. The first-order valence-corrected chi connectivity index (χ1v) is 4.07. The van der Waals surface area contributed by atoms with Gasteiger partial charge in [0.05, 0.1) is 0 Å². The average Bonchev–Trinajstić information content (AvgIpc) is 2.03. The molecule has 1 aliphatic carbocycles. The van der Waals surface area contributed by atoms with Gasteiger partial charge in [0.2, 0.25) is 0 Å². The Balaban J connectivity index is 2.81. The van der Waals surface area contributed by atoms with Gasteiger partial charge in [0.1, 0.15) is 0 Å². The van der Waals surface area contributed by atoms with Crippen LogP contribution in [-0.2, 0) is 4.79 Å². The molecule has 2 rings (SSSR count). The molecule has 12 heavy (non-hydrogen) atoms. The first-order chi connectivity index (χ1) is 5.75. The predicted octanol–water partition coefficient (Wildman–Crippen LogP) is 0.529. The van der Waals surface area contributed by atoms with Crippen LogP contribution in [0.2, 0.25) is 0 Å². The molecule has 0 N–H and O–H groups in total. The Morgan fingerprint density at radius 3 is 2.92 bits per heavy atom. The second-order valence-corrected chi connectivity index (χ2v) is 3.15. The van der Waals surface area contributed by atoms with E-state index in [1.54, 1.807) is 6.08 Å². The van der Waals surface area contributed by atoms with Gasteiger partial charge in [-0.3, -0.25) is 4.79 Å². The molecule has 1 aliphatic rings. The molecule has 0 aromatic heterocycles. The van der Waals surface area contributed by atoms with Gasteiger partial charge in [0.15, 0.2) is 5.78 Å². The molecular formula is C11H10O. The zero-order valence-electron chi connectivity index (χ0n) is 7.00. The highest BCUT2D eigenvalue weighted by atomic mass is 16.1. The van der Waals surface area contributed by atoms with E-state index in [2.05, 4.69) is 12.1 Å². The number of hydrogen-bond donors (Lipinski definition) is 0. The van der Waals surface area contributed by atoms with Gasteiger partial charge in [-0.25, -0.2) is 0 Å². The van der Waals surface area contributed by atoms with Crippen LogP contribution in [-0.4, -0.2) is 5.78 Å². The number of rotatable bonds is 0. The van der Waals surface area contributed by atoms with Gasteiger partial charge in [0, 0.05) is 6.42 Å². The van der Waals surface area contributed by atoms with E-state index in [9.17, 15) is 4.79 Å². The molecule has 0 amide bonds. The minimum atomic E-state index is 0.202. The van der Waals surface area contributed by atoms with Crippen molar-refractivity contribution < 1.29 is 4.79 Å². The second-order valence-electron chi connectivity index (χ2n) is 3.15. The lowest BCUT2D eigenvalue weighted by atomic mass is 10.1. The van der Waals surface area contributed by atoms with E-state index in [0.717, 1.165) is 5.22 Å². The highest BCUT2D eigenvalue weighted by molar-refractivity contribution is 6.09. The summed E-state index contributed by atoms with van der Waals surface area (Å²) in [4.78, 5) is 11.1. The monoisotopic (exact) mass is 158 g/mol. The molecule has 0 bridgehead atoms. The Hall–Kier alpha value is -1.37. The van der Waals surface area contributed by atoms with E-state index in [1.165, 1.54) is 10.8 Å². The number of aryl methyl sites for hydroxylation is 1. The van der Waals surface area contributed by atoms with E-state index in [0.29, 0.717) is 6.42 Å². The van der Waals surface area contributed by atoms with E-state index in [1.807, 2.05) is 19.1 Å². The van der Waals surface area contributed by atoms with Crippen LogP contribution in [0.1, 0.15) is 12.0 Å². The molecule has 1 heteroatoms. The number of hydrogen-bond acceptors (Lipinski definition) is 1. The molecule has 0 fully saturated rings. The number of fused-ring (bicyclic) bond motifs is 1. The van der Waals surface area contributed by atoms with Gasteiger partial charge >= 0.3 is 0 Å². The lowest BCUT2D eigenvalue weighted by molar-refractivity contribution is -0.112. The fourth-order valence-electron chi connectivity index (χ4n) is 1.45. The van der Waals surface area contributed by atoms with E-state index in [-0.39, 0.29) is 5.78 Å². The predicted molar refractivity (Wildman–Crippen MR) is 49.0 cm³/mol. The fraction of sp³-hybridized carbons (Fsp3) is 0.182. The lowest BCUT2D eigenvalue weighted by Gasteiger charge is -1.99. The minimum Gasteiger partial charge on any atom is -0.294 e. The zero-order valence-corrected chi connectivity index (χ0v) is 7.00. The Kier molecular flexibility index (Phi) is 1.58. The van der Waals surface area contributed by atoms with Crippen molar-refractivity contribution in [3.05, 3.63) is 34.2 Å². The first kappa shape index (κ1) is 7.29. The Morgan fingerprint density at radius 1 is 1.25 bits per heavy atom. The third-order valence-electron chi connectivity index (χ3n) is 2.08. The molecule has 0 atom stereocenters. The van der Waals surface area contributed by atoms with Gasteiger partial charge in [-0.05, 0) is 23.4 Å². The molecule has 0 spiro atoms. The number of benzene rings is 1. The summed E-state index contributed by atoms with van der Waals surface area (Å²) in [5.74, 6) is 0.202. The number of Topliss-reactive ketones (excluding diaryl/α,β-unsaturated/α-hetero) is 1. The van der Waals surface area contributed by atoms with Crippen molar-refractivity contribution in [2.24, 2.45) is 0 Å². The zero-order chi connectivity index (χ0) is 8.55. The fourth-order valence-corrected chi connectivity index (χ4v) is 1.45. The second kappa shape index (κ2) is 2.59. The maximum Gasteiger partial charge on any atom is 0.160 e. The normalized spacial score (nSPS) is 14.6. The summed E-state index contributed by atoms with van der Waals surface area (Å²) in [6, 6.07) is 6.18. The van der Waals surface area contributed by atoms with Crippen molar-refractivity contribution >= 4 is 17.9 Å². The van der Waals surface area contributed by atoms with E-state index < -0.39 is 0 Å². The van der Waals surface area contributed by atoms with Gasteiger partial charge in [-0.2, -0.15) is 0 Å². The molecule has 1 aromatic carbocycles. The maximum atomic E-state index is 11.1. The SMILES string of the molecule is Cc1ccc2c(c1)=CC(=O)CC=2. The molecule has 0 heterocycles. The summed E-state index contributed by atoms with van der Waals surface area (Å²) in [6.07, 6.45) is 4.26. The lowest BCUT2D eigenvalue weighted by Crippen LogP contribution is -2.28. The van der Waals surface area contributed by atoms with Crippen molar-refractivity contribution in [1.82, 2.24) is 0 Å². The number of carbonyl (C=O) groups is 1. The maximum absolute atomic E-state index is 11.1.